The van der Waals surface area contributed by atoms with Crippen molar-refractivity contribution in [3.8, 4) is 0 Å². The molecule has 0 unspecified atom stereocenters. The molecule has 0 aliphatic rings. The molecule has 36 heavy (non-hydrogen) atoms. The van der Waals surface area contributed by atoms with Gasteiger partial charge in [-0.15, -0.1) is 5.11 Å². The fourth-order valence-electron chi connectivity index (χ4n) is 2.95. The Morgan fingerprint density at radius 3 is 2.28 bits per heavy atom. The summed E-state index contributed by atoms with van der Waals surface area (Å²) in [5.41, 5.74) is 1.73. The van der Waals surface area contributed by atoms with Crippen molar-refractivity contribution < 1.29 is 27.3 Å². The minimum atomic E-state index is -4.39. The molecule has 3 rings (SSSR count). The summed E-state index contributed by atoms with van der Waals surface area (Å²) >= 11 is 0. The molecule has 0 saturated heterocycles. The number of amides is 1. The Balaban J connectivity index is 0.00000222. The number of fused-ring (bicyclic) bond motifs is 1. The van der Waals surface area contributed by atoms with Crippen molar-refractivity contribution in [2.24, 2.45) is 15.2 Å². The van der Waals surface area contributed by atoms with Crippen molar-refractivity contribution >= 4 is 56.5 Å². The first-order valence-corrected chi connectivity index (χ1v) is 12.3. The lowest BCUT2D eigenvalue weighted by atomic mass is 10.1. The fraction of sp³-hybridized carbons (Fsp3) is 0.160. The van der Waals surface area contributed by atoms with Gasteiger partial charge in [-0.1, -0.05) is 26.5 Å². The molecule has 3 aromatic carbocycles. The van der Waals surface area contributed by atoms with Crippen molar-refractivity contribution in [3.05, 3.63) is 72.8 Å². The predicted octanol–water partition coefficient (Wildman–Crippen LogP) is 5.32. The van der Waals surface area contributed by atoms with Gasteiger partial charge < -0.3 is 10.1 Å². The van der Waals surface area contributed by atoms with Crippen molar-refractivity contribution in [1.82, 2.24) is 5.32 Å². The molecule has 188 valence electrons. The summed E-state index contributed by atoms with van der Waals surface area (Å²) in [4.78, 5) is 26.7. The summed E-state index contributed by atoms with van der Waals surface area (Å²) in [7, 11) is -4.39. The van der Waals surface area contributed by atoms with Gasteiger partial charge in [0.1, 0.15) is 6.61 Å². The Bertz CT molecular complexity index is 1400. The Morgan fingerprint density at radius 1 is 1.00 bits per heavy atom. The second-order valence-electron chi connectivity index (χ2n) is 6.82. The number of esters is 1. The Hall–Kier alpha value is -4.22. The van der Waals surface area contributed by atoms with Crippen LogP contribution >= 0.6 is 0 Å². The van der Waals surface area contributed by atoms with Gasteiger partial charge in [0.15, 0.2) is 0 Å². The van der Waals surface area contributed by atoms with Gasteiger partial charge in [0.25, 0.3) is 16.0 Å². The van der Waals surface area contributed by atoms with Crippen LogP contribution in [0.5, 0.6) is 0 Å². The largest absolute Gasteiger partial charge is 0.461 e. The SMILES string of the molecule is C=CC(=O)OCCNC(=O)c1ccc(N=Nc2ccc(N=C)c3cc(S(=O)(=O)O)ccc23)cc1.CC. The van der Waals surface area contributed by atoms with Crippen molar-refractivity contribution in [2.45, 2.75) is 18.7 Å². The molecule has 0 saturated carbocycles. The van der Waals surface area contributed by atoms with Crippen molar-refractivity contribution in [3.63, 3.8) is 0 Å². The average Bonchev–Trinajstić information content (AvgIpc) is 2.90. The third kappa shape index (κ3) is 7.39. The zero-order valence-electron chi connectivity index (χ0n) is 19.8. The van der Waals surface area contributed by atoms with Crippen molar-refractivity contribution in [2.75, 3.05) is 13.2 Å². The highest BCUT2D eigenvalue weighted by Crippen LogP contribution is 2.35. The van der Waals surface area contributed by atoms with E-state index in [0.29, 0.717) is 33.4 Å². The monoisotopic (exact) mass is 510 g/mol. The third-order valence-electron chi connectivity index (χ3n) is 4.61. The standard InChI is InChI=1S/C23H20N4O6S.C2H6/c1-3-22(28)33-13-12-25-23(29)15-4-6-16(7-5-15)26-27-21-11-10-20(24-2)19-14-17(34(30,31)32)8-9-18(19)21;1-2/h3-11,14H,1-2,12-13H2,(H,25,29)(H,30,31,32);1-2H3. The van der Waals surface area contributed by atoms with Crippen LogP contribution in [0.1, 0.15) is 24.2 Å². The first kappa shape index (κ1) is 28.0. The maximum atomic E-state index is 12.2. The van der Waals surface area contributed by atoms with E-state index in [4.69, 9.17) is 4.74 Å². The molecular formula is C25H26N4O6S. The molecule has 11 heteroatoms. The maximum absolute atomic E-state index is 12.2. The van der Waals surface area contributed by atoms with E-state index >= 15 is 0 Å². The van der Waals surface area contributed by atoms with Gasteiger partial charge in [0.2, 0.25) is 0 Å². The minimum Gasteiger partial charge on any atom is -0.461 e. The van der Waals surface area contributed by atoms with E-state index in [-0.39, 0.29) is 24.0 Å². The Morgan fingerprint density at radius 2 is 1.67 bits per heavy atom. The first-order chi connectivity index (χ1) is 17.2. The van der Waals surface area contributed by atoms with Crippen LogP contribution in [-0.4, -0.2) is 44.7 Å². The third-order valence-corrected chi connectivity index (χ3v) is 5.46. The first-order valence-electron chi connectivity index (χ1n) is 10.8. The summed E-state index contributed by atoms with van der Waals surface area (Å²) in [6.07, 6.45) is 1.04. The predicted molar refractivity (Wildman–Crippen MR) is 138 cm³/mol. The number of carbonyl (C=O) groups excluding carboxylic acids is 2. The highest BCUT2D eigenvalue weighted by atomic mass is 32.2. The van der Waals surface area contributed by atoms with Crippen LogP contribution in [0.15, 0.2) is 87.4 Å². The number of benzene rings is 3. The number of azo groups is 1. The molecule has 0 aromatic heterocycles. The molecule has 0 heterocycles. The fourth-order valence-corrected chi connectivity index (χ4v) is 3.46. The topological polar surface area (TPSA) is 147 Å². The van der Waals surface area contributed by atoms with Gasteiger partial charge >= 0.3 is 5.97 Å². The lowest BCUT2D eigenvalue weighted by molar-refractivity contribution is -0.137. The number of hydrogen-bond acceptors (Lipinski definition) is 8. The maximum Gasteiger partial charge on any atom is 0.330 e. The van der Waals surface area contributed by atoms with Gasteiger partial charge in [-0.05, 0) is 55.2 Å². The van der Waals surface area contributed by atoms with E-state index in [0.717, 1.165) is 6.08 Å². The van der Waals surface area contributed by atoms with Crippen molar-refractivity contribution in [1.29, 1.82) is 0 Å². The highest BCUT2D eigenvalue weighted by Gasteiger charge is 2.13. The number of nitrogens with zero attached hydrogens (tertiary/aromatic N) is 3. The van der Waals surface area contributed by atoms with E-state index in [1.807, 2.05) is 13.8 Å². The van der Waals surface area contributed by atoms with Crippen LogP contribution in [0.2, 0.25) is 0 Å². The molecule has 0 atom stereocenters. The molecule has 3 aromatic rings. The molecule has 10 nitrogen and oxygen atoms in total. The van der Waals surface area contributed by atoms with Crippen LogP contribution in [0.25, 0.3) is 10.8 Å². The van der Waals surface area contributed by atoms with E-state index in [9.17, 15) is 22.6 Å². The summed E-state index contributed by atoms with van der Waals surface area (Å²) in [6.45, 7) is 10.9. The number of ether oxygens (including phenoxy) is 1. The number of aliphatic imine (C=N–C) groups is 1. The van der Waals surface area contributed by atoms with Gasteiger partial charge in [-0.3, -0.25) is 14.3 Å². The van der Waals surface area contributed by atoms with E-state index in [1.54, 1.807) is 36.4 Å². The Kier molecular flexibility index (Phi) is 10.1. The molecule has 2 N–H and O–H groups in total. The van der Waals surface area contributed by atoms with E-state index < -0.39 is 16.1 Å². The minimum absolute atomic E-state index is 0.0305. The lowest BCUT2D eigenvalue weighted by Gasteiger charge is -2.07. The number of hydrogen-bond donors (Lipinski definition) is 2. The normalized spacial score (nSPS) is 10.9. The number of nitrogens with one attached hydrogen (secondary N) is 1. The van der Waals surface area contributed by atoms with Gasteiger partial charge in [0, 0.05) is 22.4 Å². The van der Waals surface area contributed by atoms with Crippen LogP contribution < -0.4 is 5.32 Å². The zero-order chi connectivity index (χ0) is 26.7. The molecule has 1 amide bonds. The van der Waals surface area contributed by atoms with Gasteiger partial charge in [-0.25, -0.2) is 4.79 Å². The second kappa shape index (κ2) is 13.0. The summed E-state index contributed by atoms with van der Waals surface area (Å²) in [5, 5.41) is 12.0. The molecule has 0 spiro atoms. The zero-order valence-corrected chi connectivity index (χ0v) is 20.7. The van der Waals surface area contributed by atoms with Gasteiger partial charge in [0.05, 0.1) is 28.5 Å². The van der Waals surface area contributed by atoms with Crippen LogP contribution in [0, 0.1) is 0 Å². The van der Waals surface area contributed by atoms with Gasteiger partial charge in [-0.2, -0.15) is 13.5 Å². The summed E-state index contributed by atoms with van der Waals surface area (Å²) in [6, 6.07) is 13.7. The molecule has 0 fully saturated rings. The molecule has 0 aliphatic carbocycles. The highest BCUT2D eigenvalue weighted by molar-refractivity contribution is 7.85. The summed E-state index contributed by atoms with van der Waals surface area (Å²) in [5.74, 6) is -0.905. The molecule has 0 radical (unpaired) electrons. The quantitative estimate of drug-likeness (QED) is 0.0994. The summed E-state index contributed by atoms with van der Waals surface area (Å²) < 4.78 is 37.1. The number of carbonyl (C=O) groups is 2. The Labute approximate surface area is 209 Å². The van der Waals surface area contributed by atoms with Crippen LogP contribution in [0.4, 0.5) is 17.1 Å². The molecule has 0 aliphatic heterocycles. The number of rotatable bonds is 9. The van der Waals surface area contributed by atoms with Crippen LogP contribution in [0.3, 0.4) is 0 Å². The molecule has 0 bridgehead atoms. The average molecular weight is 511 g/mol. The van der Waals surface area contributed by atoms with Crippen LogP contribution in [-0.2, 0) is 19.6 Å². The van der Waals surface area contributed by atoms with E-state index in [1.165, 1.54) is 18.2 Å². The lowest BCUT2D eigenvalue weighted by Crippen LogP contribution is -2.27. The smallest absolute Gasteiger partial charge is 0.330 e. The molecular weight excluding hydrogens is 484 g/mol. The second-order valence-corrected chi connectivity index (χ2v) is 8.24. The van der Waals surface area contributed by atoms with E-state index in [2.05, 4.69) is 33.8 Å².